The smallest absolute Gasteiger partial charge is 0.172 e. The molecule has 0 bridgehead atoms. The van der Waals surface area contributed by atoms with E-state index in [1.54, 1.807) is 18.2 Å². The maximum absolute atomic E-state index is 14.2. The molecule has 0 heterocycles. The Morgan fingerprint density at radius 3 is 2.85 bits per heavy atom. The van der Waals surface area contributed by atoms with Crippen molar-refractivity contribution in [3.8, 4) is 5.75 Å². The number of hydrogen-bond acceptors (Lipinski definition) is 2. The lowest BCUT2D eigenvalue weighted by Gasteiger charge is -2.06. The van der Waals surface area contributed by atoms with Crippen molar-refractivity contribution < 1.29 is 9.13 Å². The molecule has 1 aliphatic rings. The zero-order valence-corrected chi connectivity index (χ0v) is 11.3. The molecule has 0 fully saturated rings. The molecule has 0 atom stereocenters. The van der Waals surface area contributed by atoms with Gasteiger partial charge in [0.25, 0.3) is 0 Å². The summed E-state index contributed by atoms with van der Waals surface area (Å²) in [6.45, 7) is 0. The molecular weight excluding hydrogens is 253 g/mol. The van der Waals surface area contributed by atoms with Crippen molar-refractivity contribution in [2.45, 2.75) is 12.8 Å². The zero-order valence-electron chi connectivity index (χ0n) is 11.3. The summed E-state index contributed by atoms with van der Waals surface area (Å²) in [6, 6.07) is 11.1. The van der Waals surface area contributed by atoms with Crippen molar-refractivity contribution in [2.24, 2.45) is 0 Å². The number of halogens is 1. The third kappa shape index (κ3) is 2.16. The summed E-state index contributed by atoms with van der Waals surface area (Å²) in [5.74, 6) is -0.0405. The van der Waals surface area contributed by atoms with Gasteiger partial charge in [0.1, 0.15) is 0 Å². The predicted molar refractivity (Wildman–Crippen MR) is 80.0 cm³/mol. The molecule has 0 aliphatic heterocycles. The van der Waals surface area contributed by atoms with E-state index in [2.05, 4.69) is 0 Å². The van der Waals surface area contributed by atoms with Crippen molar-refractivity contribution in [3.63, 3.8) is 0 Å². The van der Waals surface area contributed by atoms with Crippen molar-refractivity contribution in [3.05, 3.63) is 58.9 Å². The van der Waals surface area contributed by atoms with Crippen LogP contribution in [-0.2, 0) is 6.42 Å². The van der Waals surface area contributed by atoms with Crippen LogP contribution in [0.3, 0.4) is 0 Å². The van der Waals surface area contributed by atoms with E-state index in [0.29, 0.717) is 5.56 Å². The topological polar surface area (TPSA) is 35.2 Å². The van der Waals surface area contributed by atoms with E-state index < -0.39 is 0 Å². The number of anilines is 1. The third-order valence-electron chi connectivity index (χ3n) is 3.68. The molecule has 2 N–H and O–H groups in total. The Kier molecular flexibility index (Phi) is 3.18. The average Bonchev–Trinajstić information content (AvgIpc) is 2.83. The van der Waals surface area contributed by atoms with Crippen LogP contribution >= 0.6 is 0 Å². The maximum atomic E-state index is 14.2. The monoisotopic (exact) mass is 269 g/mol. The number of aryl methyl sites for hydroxylation is 1. The number of fused-ring (bicyclic) bond motifs is 1. The molecule has 3 heteroatoms. The van der Waals surface area contributed by atoms with Crippen LogP contribution < -0.4 is 10.5 Å². The van der Waals surface area contributed by atoms with Gasteiger partial charge in [-0.2, -0.15) is 0 Å². The largest absolute Gasteiger partial charge is 0.494 e. The molecule has 0 spiro atoms. The minimum atomic E-state index is -0.314. The molecule has 0 saturated carbocycles. The summed E-state index contributed by atoms with van der Waals surface area (Å²) < 4.78 is 19.2. The summed E-state index contributed by atoms with van der Waals surface area (Å²) in [5, 5.41) is 0. The number of benzene rings is 2. The van der Waals surface area contributed by atoms with Crippen molar-refractivity contribution >= 4 is 17.3 Å². The summed E-state index contributed by atoms with van der Waals surface area (Å²) in [7, 11) is 1.48. The van der Waals surface area contributed by atoms with Crippen LogP contribution in [0.2, 0.25) is 0 Å². The van der Waals surface area contributed by atoms with Gasteiger partial charge in [0.05, 0.1) is 7.11 Å². The van der Waals surface area contributed by atoms with E-state index in [1.807, 2.05) is 24.3 Å². The minimum absolute atomic E-state index is 0.273. The second-order valence-electron chi connectivity index (χ2n) is 4.95. The summed E-state index contributed by atoms with van der Waals surface area (Å²) in [6.07, 6.45) is 3.77. The standard InChI is InChI=1S/C17H16FNO/c1-20-16-4-2-3-13(17(16)18)9-11-5-6-12-10-14(19)7-8-15(11)12/h2-4,7-10H,5-6,19H2,1H3/b11-9-. The first-order valence-electron chi connectivity index (χ1n) is 6.61. The van der Waals surface area contributed by atoms with E-state index in [9.17, 15) is 4.39 Å². The highest BCUT2D eigenvalue weighted by Gasteiger charge is 2.17. The first-order valence-corrected chi connectivity index (χ1v) is 6.61. The molecule has 1 aliphatic carbocycles. The number of ether oxygens (including phenoxy) is 1. The molecule has 0 amide bonds. The van der Waals surface area contributed by atoms with Gasteiger partial charge in [0, 0.05) is 11.3 Å². The van der Waals surface area contributed by atoms with Gasteiger partial charge in [-0.15, -0.1) is 0 Å². The Balaban J connectivity index is 2.04. The summed E-state index contributed by atoms with van der Waals surface area (Å²) >= 11 is 0. The Bertz CT molecular complexity index is 691. The number of nitrogen functional groups attached to an aromatic ring is 1. The van der Waals surface area contributed by atoms with Gasteiger partial charge in [-0.1, -0.05) is 18.2 Å². The van der Waals surface area contributed by atoms with Crippen LogP contribution in [0.25, 0.3) is 11.6 Å². The molecular formula is C17H16FNO. The highest BCUT2D eigenvalue weighted by molar-refractivity contribution is 5.86. The SMILES string of the molecule is COc1cccc(/C=C2/CCc3cc(N)ccc32)c1F. The first-order chi connectivity index (χ1) is 9.69. The van der Waals surface area contributed by atoms with Gasteiger partial charge in [-0.3, -0.25) is 0 Å². The fraction of sp³-hybridized carbons (Fsp3) is 0.176. The first kappa shape index (κ1) is 12.7. The van der Waals surface area contributed by atoms with E-state index in [-0.39, 0.29) is 11.6 Å². The molecule has 0 radical (unpaired) electrons. The molecule has 0 saturated heterocycles. The van der Waals surface area contributed by atoms with Crippen molar-refractivity contribution in [1.29, 1.82) is 0 Å². The molecule has 2 aromatic carbocycles. The van der Waals surface area contributed by atoms with Crippen LogP contribution in [0, 0.1) is 5.82 Å². The lowest BCUT2D eigenvalue weighted by Crippen LogP contribution is -1.91. The fourth-order valence-corrected chi connectivity index (χ4v) is 2.67. The van der Waals surface area contributed by atoms with Gasteiger partial charge in [0.15, 0.2) is 11.6 Å². The Hall–Kier alpha value is -2.29. The van der Waals surface area contributed by atoms with E-state index in [0.717, 1.165) is 24.1 Å². The second-order valence-corrected chi connectivity index (χ2v) is 4.95. The Morgan fingerprint density at radius 1 is 1.20 bits per heavy atom. The van der Waals surface area contributed by atoms with Crippen LogP contribution in [0.4, 0.5) is 10.1 Å². The normalized spacial score (nSPS) is 15.4. The van der Waals surface area contributed by atoms with Gasteiger partial charge in [0.2, 0.25) is 0 Å². The van der Waals surface area contributed by atoms with Crippen LogP contribution in [0.5, 0.6) is 5.75 Å². The third-order valence-corrected chi connectivity index (χ3v) is 3.68. The number of hydrogen-bond donors (Lipinski definition) is 1. The van der Waals surface area contributed by atoms with Gasteiger partial charge in [-0.05, 0) is 53.8 Å². The molecule has 2 aromatic rings. The minimum Gasteiger partial charge on any atom is -0.494 e. The highest BCUT2D eigenvalue weighted by atomic mass is 19.1. The summed E-state index contributed by atoms with van der Waals surface area (Å²) in [4.78, 5) is 0. The van der Waals surface area contributed by atoms with E-state index in [4.69, 9.17) is 10.5 Å². The molecule has 0 unspecified atom stereocenters. The molecule has 20 heavy (non-hydrogen) atoms. The second kappa shape index (κ2) is 5.00. The lowest BCUT2D eigenvalue weighted by atomic mass is 10.0. The molecule has 2 nitrogen and oxygen atoms in total. The van der Waals surface area contributed by atoms with Crippen LogP contribution in [0.1, 0.15) is 23.1 Å². The van der Waals surface area contributed by atoms with E-state index >= 15 is 0 Å². The summed E-state index contributed by atoms with van der Waals surface area (Å²) in [5.41, 5.74) is 10.7. The number of nitrogens with two attached hydrogens (primary N) is 1. The van der Waals surface area contributed by atoms with Gasteiger partial charge < -0.3 is 10.5 Å². The number of rotatable bonds is 2. The molecule has 0 aromatic heterocycles. The molecule has 3 rings (SSSR count). The highest BCUT2D eigenvalue weighted by Crippen LogP contribution is 2.35. The predicted octanol–water partition coefficient (Wildman–Crippen LogP) is 3.90. The quantitative estimate of drug-likeness (QED) is 0.839. The lowest BCUT2D eigenvalue weighted by molar-refractivity contribution is 0.386. The maximum Gasteiger partial charge on any atom is 0.172 e. The van der Waals surface area contributed by atoms with Gasteiger partial charge >= 0.3 is 0 Å². The zero-order chi connectivity index (χ0) is 14.1. The van der Waals surface area contributed by atoms with Crippen LogP contribution in [-0.4, -0.2) is 7.11 Å². The van der Waals surface area contributed by atoms with Gasteiger partial charge in [-0.25, -0.2) is 4.39 Å². The number of methoxy groups -OCH3 is 1. The average molecular weight is 269 g/mol. The Labute approximate surface area is 117 Å². The van der Waals surface area contributed by atoms with Crippen molar-refractivity contribution in [2.75, 3.05) is 12.8 Å². The van der Waals surface area contributed by atoms with E-state index in [1.165, 1.54) is 18.2 Å². The molecule has 102 valence electrons. The fourth-order valence-electron chi connectivity index (χ4n) is 2.67. The van der Waals surface area contributed by atoms with Crippen LogP contribution in [0.15, 0.2) is 36.4 Å². The number of allylic oxidation sites excluding steroid dienone is 1. The Morgan fingerprint density at radius 2 is 2.05 bits per heavy atom. The van der Waals surface area contributed by atoms with Crippen molar-refractivity contribution in [1.82, 2.24) is 0 Å².